The van der Waals surface area contributed by atoms with Gasteiger partial charge in [-0.05, 0) is 33.3 Å². The maximum Gasteiger partial charge on any atom is 0.342 e. The van der Waals surface area contributed by atoms with Gasteiger partial charge in [-0.2, -0.15) is 5.10 Å². The zero-order valence-electron chi connectivity index (χ0n) is 14.9. The highest BCUT2D eigenvalue weighted by molar-refractivity contribution is 6.04. The molecule has 134 valence electrons. The van der Waals surface area contributed by atoms with Crippen LogP contribution in [0.3, 0.4) is 0 Å². The molecule has 8 heteroatoms. The van der Waals surface area contributed by atoms with Gasteiger partial charge in [0.15, 0.2) is 6.10 Å². The highest BCUT2D eigenvalue weighted by Gasteiger charge is 2.28. The van der Waals surface area contributed by atoms with E-state index in [2.05, 4.69) is 10.1 Å². The number of H-pyrrole nitrogens is 1. The van der Waals surface area contributed by atoms with Gasteiger partial charge in [-0.15, -0.1) is 0 Å². The lowest BCUT2D eigenvalue weighted by Crippen LogP contribution is -2.25. The average Bonchev–Trinajstić information content (AvgIpc) is 3.10. The van der Waals surface area contributed by atoms with Gasteiger partial charge in [0.05, 0.1) is 29.6 Å². The summed E-state index contributed by atoms with van der Waals surface area (Å²) in [5.74, 6) is -1.55. The molecule has 0 saturated heterocycles. The molecule has 8 nitrogen and oxygen atoms in total. The number of hydrogen-bond donors (Lipinski definition) is 1. The van der Waals surface area contributed by atoms with Gasteiger partial charge in [0, 0.05) is 18.9 Å². The van der Waals surface area contributed by atoms with Crippen molar-refractivity contribution in [3.05, 3.63) is 40.5 Å². The van der Waals surface area contributed by atoms with E-state index in [-0.39, 0.29) is 17.9 Å². The van der Waals surface area contributed by atoms with Crippen molar-refractivity contribution >= 4 is 17.7 Å². The van der Waals surface area contributed by atoms with Gasteiger partial charge in [-0.25, -0.2) is 9.59 Å². The molecule has 2 aromatic heterocycles. The summed E-state index contributed by atoms with van der Waals surface area (Å²) in [5.41, 5.74) is 1.83. The average molecular weight is 347 g/mol. The van der Waals surface area contributed by atoms with E-state index in [1.807, 2.05) is 0 Å². The van der Waals surface area contributed by atoms with E-state index in [4.69, 9.17) is 9.47 Å². The fourth-order valence-electron chi connectivity index (χ4n) is 2.52. The number of nitrogens with zero attached hydrogens (tertiary/aromatic N) is 2. The summed E-state index contributed by atoms with van der Waals surface area (Å²) in [6.45, 7) is 6.77. The summed E-state index contributed by atoms with van der Waals surface area (Å²) in [4.78, 5) is 39.5. The Labute approximate surface area is 145 Å². The van der Waals surface area contributed by atoms with Gasteiger partial charge < -0.3 is 14.5 Å². The number of aromatic nitrogens is 3. The van der Waals surface area contributed by atoms with E-state index in [1.54, 1.807) is 27.8 Å². The minimum absolute atomic E-state index is 0.229. The molecule has 1 N–H and O–H groups in total. The molecule has 0 amide bonds. The highest BCUT2D eigenvalue weighted by Crippen LogP contribution is 2.21. The van der Waals surface area contributed by atoms with Crippen molar-refractivity contribution in [2.24, 2.45) is 7.05 Å². The van der Waals surface area contributed by atoms with Gasteiger partial charge >= 0.3 is 11.9 Å². The van der Waals surface area contributed by atoms with Crippen LogP contribution in [0.4, 0.5) is 0 Å². The van der Waals surface area contributed by atoms with E-state index < -0.39 is 23.8 Å². The van der Waals surface area contributed by atoms with Crippen molar-refractivity contribution < 1.29 is 23.9 Å². The minimum Gasteiger partial charge on any atom is -0.462 e. The van der Waals surface area contributed by atoms with E-state index >= 15 is 0 Å². The molecule has 25 heavy (non-hydrogen) atoms. The first-order chi connectivity index (χ1) is 11.8. The number of carbonyl (C=O) groups is 3. The van der Waals surface area contributed by atoms with E-state index in [1.165, 1.54) is 24.0 Å². The summed E-state index contributed by atoms with van der Waals surface area (Å²) >= 11 is 0. The topological polar surface area (TPSA) is 103 Å². The lowest BCUT2D eigenvalue weighted by atomic mass is 10.1. The Kier molecular flexibility index (Phi) is 5.41. The van der Waals surface area contributed by atoms with Crippen LogP contribution >= 0.6 is 0 Å². The molecule has 2 rings (SSSR count). The van der Waals surface area contributed by atoms with Gasteiger partial charge in [0.25, 0.3) is 0 Å². The normalized spacial score (nSPS) is 11.9. The zero-order chi connectivity index (χ0) is 18.7. The first-order valence-corrected chi connectivity index (χ1v) is 7.86. The second-order valence-electron chi connectivity index (χ2n) is 5.66. The molecule has 2 heterocycles. The van der Waals surface area contributed by atoms with Crippen molar-refractivity contribution in [2.45, 2.75) is 33.8 Å². The Morgan fingerprint density at radius 1 is 1.28 bits per heavy atom. The third-order valence-electron chi connectivity index (χ3n) is 3.76. The van der Waals surface area contributed by atoms with E-state index in [9.17, 15) is 14.4 Å². The van der Waals surface area contributed by atoms with Crippen molar-refractivity contribution in [2.75, 3.05) is 6.61 Å². The summed E-state index contributed by atoms with van der Waals surface area (Å²) in [6.07, 6.45) is 1.85. The van der Waals surface area contributed by atoms with Crippen LogP contribution < -0.4 is 0 Å². The quantitative estimate of drug-likeness (QED) is 0.633. The van der Waals surface area contributed by atoms with Crippen LogP contribution in [0.25, 0.3) is 0 Å². The van der Waals surface area contributed by atoms with Gasteiger partial charge in [-0.3, -0.25) is 9.48 Å². The molecular formula is C17H21N3O5. The standard InChI is InChI=1S/C17H21N3O5/c1-6-24-17(23)13-9(2)14(19-10(13)3)15(21)11(4)25-16(22)12-7-18-20(5)8-12/h7-8,11,19H,6H2,1-5H3/t11-/m1/s1. The number of aryl methyl sites for hydroxylation is 2. The molecule has 0 fully saturated rings. The second kappa shape index (κ2) is 7.33. The Hall–Kier alpha value is -2.90. The number of hydrogen-bond acceptors (Lipinski definition) is 6. The number of nitrogens with one attached hydrogen (secondary N) is 1. The van der Waals surface area contributed by atoms with Crippen molar-refractivity contribution in [1.82, 2.24) is 14.8 Å². The number of ketones is 1. The van der Waals surface area contributed by atoms with Crippen molar-refractivity contribution in [1.29, 1.82) is 0 Å². The maximum atomic E-state index is 12.6. The highest BCUT2D eigenvalue weighted by atomic mass is 16.5. The molecule has 0 bridgehead atoms. The number of rotatable bonds is 6. The van der Waals surface area contributed by atoms with Gasteiger partial charge in [0.2, 0.25) is 5.78 Å². The zero-order valence-corrected chi connectivity index (χ0v) is 14.9. The second-order valence-corrected chi connectivity index (χ2v) is 5.66. The summed E-state index contributed by atoms with van der Waals surface area (Å²) in [7, 11) is 1.67. The minimum atomic E-state index is -1.01. The SMILES string of the molecule is CCOC(=O)c1c(C)[nH]c(C(=O)[C@@H](C)OC(=O)c2cnn(C)c2)c1C. The Balaban J connectivity index is 2.18. The Morgan fingerprint density at radius 2 is 1.96 bits per heavy atom. The van der Waals surface area contributed by atoms with Crippen LogP contribution in [0, 0.1) is 13.8 Å². The summed E-state index contributed by atoms with van der Waals surface area (Å²) in [6, 6.07) is 0. The molecule has 0 spiro atoms. The number of esters is 2. The molecule has 0 saturated carbocycles. The number of Topliss-reactive ketones (excluding diaryl/α,β-unsaturated/α-hetero) is 1. The molecule has 2 aromatic rings. The van der Waals surface area contributed by atoms with Crippen LogP contribution in [0.2, 0.25) is 0 Å². The monoisotopic (exact) mass is 347 g/mol. The third-order valence-corrected chi connectivity index (χ3v) is 3.76. The fraction of sp³-hybridized carbons (Fsp3) is 0.412. The molecular weight excluding hydrogens is 326 g/mol. The smallest absolute Gasteiger partial charge is 0.342 e. The van der Waals surface area contributed by atoms with E-state index in [0.717, 1.165) is 0 Å². The van der Waals surface area contributed by atoms with Gasteiger partial charge in [-0.1, -0.05) is 0 Å². The number of carbonyl (C=O) groups excluding carboxylic acids is 3. The predicted molar refractivity (Wildman–Crippen MR) is 88.6 cm³/mol. The third kappa shape index (κ3) is 3.78. The Morgan fingerprint density at radius 3 is 2.52 bits per heavy atom. The lowest BCUT2D eigenvalue weighted by molar-refractivity contribution is 0.0316. The largest absolute Gasteiger partial charge is 0.462 e. The molecule has 0 unspecified atom stereocenters. The number of aromatic amines is 1. The van der Waals surface area contributed by atoms with Crippen molar-refractivity contribution in [3.63, 3.8) is 0 Å². The molecule has 0 aliphatic rings. The van der Waals surface area contributed by atoms with Gasteiger partial charge in [0.1, 0.15) is 0 Å². The predicted octanol–water partition coefficient (Wildman–Crippen LogP) is 1.97. The molecule has 0 aromatic carbocycles. The first kappa shape index (κ1) is 18.4. The summed E-state index contributed by atoms with van der Waals surface area (Å²) in [5, 5.41) is 3.89. The van der Waals surface area contributed by atoms with Crippen LogP contribution in [0.5, 0.6) is 0 Å². The maximum absolute atomic E-state index is 12.6. The number of ether oxygens (including phenoxy) is 2. The van der Waals surface area contributed by atoms with Crippen molar-refractivity contribution in [3.8, 4) is 0 Å². The first-order valence-electron chi connectivity index (χ1n) is 7.86. The summed E-state index contributed by atoms with van der Waals surface area (Å²) < 4.78 is 11.7. The molecule has 0 aliphatic heterocycles. The molecule has 0 radical (unpaired) electrons. The molecule has 1 atom stereocenters. The fourth-order valence-corrected chi connectivity index (χ4v) is 2.52. The molecule has 0 aliphatic carbocycles. The lowest BCUT2D eigenvalue weighted by Gasteiger charge is -2.11. The van der Waals surface area contributed by atoms with Crippen LogP contribution in [-0.2, 0) is 16.5 Å². The van der Waals surface area contributed by atoms with E-state index in [0.29, 0.717) is 16.8 Å². The Bertz CT molecular complexity index is 818. The van der Waals surface area contributed by atoms with Crippen LogP contribution in [0.1, 0.15) is 56.3 Å². The van der Waals surface area contributed by atoms with Crippen LogP contribution in [0.15, 0.2) is 12.4 Å². The van der Waals surface area contributed by atoms with Crippen LogP contribution in [-0.4, -0.2) is 45.2 Å².